The predicted molar refractivity (Wildman–Crippen MR) is 114 cm³/mol. The molecule has 1 saturated heterocycles. The summed E-state index contributed by atoms with van der Waals surface area (Å²) >= 11 is 0. The molecule has 4 rings (SSSR count). The molecule has 2 N–H and O–H groups in total. The van der Waals surface area contributed by atoms with Crippen molar-refractivity contribution in [2.45, 2.75) is 26.3 Å². The van der Waals surface area contributed by atoms with Crippen molar-refractivity contribution in [3.05, 3.63) is 65.2 Å². The minimum Gasteiger partial charge on any atom is -0.370 e. The van der Waals surface area contributed by atoms with E-state index in [1.165, 1.54) is 12.1 Å². The van der Waals surface area contributed by atoms with E-state index in [1.54, 1.807) is 6.07 Å². The first kappa shape index (κ1) is 20.5. The maximum Gasteiger partial charge on any atom is 0.223 e. The molecule has 0 atom stereocenters. The summed E-state index contributed by atoms with van der Waals surface area (Å²) in [5.41, 5.74) is 2.98. The summed E-state index contributed by atoms with van der Waals surface area (Å²) in [7, 11) is 0. The number of rotatable bonds is 5. The van der Waals surface area contributed by atoms with Crippen LogP contribution in [0.2, 0.25) is 0 Å². The maximum absolute atomic E-state index is 13.4. The van der Waals surface area contributed by atoms with Gasteiger partial charge in [-0.1, -0.05) is 24.3 Å². The number of piperidine rings is 1. The number of hydrogen-bond donors (Lipinski definition) is 2. The van der Waals surface area contributed by atoms with Crippen molar-refractivity contribution in [2.24, 2.45) is 5.92 Å². The van der Waals surface area contributed by atoms with Gasteiger partial charge in [-0.25, -0.2) is 9.37 Å². The van der Waals surface area contributed by atoms with Crippen molar-refractivity contribution in [3.8, 4) is 17.5 Å². The molecule has 1 fully saturated rings. The summed E-state index contributed by atoms with van der Waals surface area (Å²) in [5.74, 6) is 0.963. The van der Waals surface area contributed by atoms with Gasteiger partial charge in [0.15, 0.2) is 5.82 Å². The van der Waals surface area contributed by atoms with Crippen LogP contribution in [-0.2, 0) is 11.3 Å². The van der Waals surface area contributed by atoms with Crippen molar-refractivity contribution >= 4 is 11.6 Å². The normalized spacial score (nSPS) is 14.3. The van der Waals surface area contributed by atoms with E-state index in [9.17, 15) is 14.4 Å². The fraction of sp³-hybridized carbons (Fsp3) is 0.304. The summed E-state index contributed by atoms with van der Waals surface area (Å²) in [4.78, 5) is 19.0. The summed E-state index contributed by atoms with van der Waals surface area (Å²) in [5, 5.41) is 19.3. The van der Waals surface area contributed by atoms with Crippen LogP contribution in [0.1, 0.15) is 29.8 Å². The Labute approximate surface area is 179 Å². The summed E-state index contributed by atoms with van der Waals surface area (Å²) < 4.78 is 13.4. The van der Waals surface area contributed by atoms with Crippen molar-refractivity contribution in [2.75, 3.05) is 18.0 Å². The Morgan fingerprint density at radius 3 is 2.65 bits per heavy atom. The zero-order valence-electron chi connectivity index (χ0n) is 17.2. The van der Waals surface area contributed by atoms with E-state index in [0.29, 0.717) is 43.9 Å². The lowest BCUT2D eigenvalue weighted by atomic mass is 9.95. The number of halogens is 1. The molecule has 1 amide bonds. The topological polar surface area (TPSA) is 97.7 Å². The van der Waals surface area contributed by atoms with E-state index in [4.69, 9.17) is 0 Å². The zero-order valence-corrected chi connectivity index (χ0v) is 17.2. The minimum atomic E-state index is -0.418. The van der Waals surface area contributed by atoms with Crippen LogP contribution in [0.4, 0.5) is 10.1 Å². The summed E-state index contributed by atoms with van der Waals surface area (Å²) in [6, 6.07) is 14.1. The molecule has 1 aliphatic rings. The molecule has 0 bridgehead atoms. The zero-order chi connectivity index (χ0) is 21.8. The van der Waals surface area contributed by atoms with Gasteiger partial charge in [-0.15, -0.1) is 0 Å². The lowest BCUT2D eigenvalue weighted by Crippen LogP contribution is -2.40. The van der Waals surface area contributed by atoms with Gasteiger partial charge >= 0.3 is 0 Å². The van der Waals surface area contributed by atoms with Crippen LogP contribution in [0.25, 0.3) is 11.4 Å². The van der Waals surface area contributed by atoms with E-state index >= 15 is 0 Å². The van der Waals surface area contributed by atoms with E-state index < -0.39 is 5.82 Å². The van der Waals surface area contributed by atoms with Crippen LogP contribution < -0.4 is 10.2 Å². The number of anilines is 1. The standard InChI is InChI=1S/C23H23FN6O/c1-15-27-22(29-28-15)17-4-2-16(3-5-17)14-26-23(31)18-8-10-30(11-9-18)21-7-6-20(24)12-19(21)13-25/h2-7,12,18H,8-11,14H2,1H3,(H,26,31)(H,27,28,29). The lowest BCUT2D eigenvalue weighted by molar-refractivity contribution is -0.125. The molecule has 3 aromatic rings. The van der Waals surface area contributed by atoms with Gasteiger partial charge in [0.05, 0.1) is 11.3 Å². The molecular formula is C23H23FN6O. The molecule has 158 valence electrons. The molecule has 7 nitrogen and oxygen atoms in total. The Hall–Kier alpha value is -3.73. The summed E-state index contributed by atoms with van der Waals surface area (Å²) in [6.07, 6.45) is 1.38. The van der Waals surface area contributed by atoms with Crippen LogP contribution in [0.3, 0.4) is 0 Å². The number of aromatic nitrogens is 3. The second-order valence-corrected chi connectivity index (χ2v) is 7.69. The number of carbonyl (C=O) groups is 1. The van der Waals surface area contributed by atoms with Gasteiger partial charge in [0.2, 0.25) is 5.91 Å². The van der Waals surface area contributed by atoms with Crippen LogP contribution in [-0.4, -0.2) is 34.2 Å². The first-order valence-corrected chi connectivity index (χ1v) is 10.2. The van der Waals surface area contributed by atoms with E-state index in [0.717, 1.165) is 22.6 Å². The molecule has 2 heterocycles. The van der Waals surface area contributed by atoms with Gasteiger partial charge in [-0.3, -0.25) is 9.89 Å². The molecular weight excluding hydrogens is 395 g/mol. The van der Waals surface area contributed by atoms with Gasteiger partial charge in [0.25, 0.3) is 0 Å². The molecule has 2 aromatic carbocycles. The third-order valence-corrected chi connectivity index (χ3v) is 5.56. The van der Waals surface area contributed by atoms with Crippen molar-refractivity contribution in [3.63, 3.8) is 0 Å². The molecule has 8 heteroatoms. The number of nitrogens with zero attached hydrogens (tertiary/aromatic N) is 4. The number of aryl methyl sites for hydroxylation is 1. The Balaban J connectivity index is 1.29. The average Bonchev–Trinajstić information content (AvgIpc) is 3.24. The van der Waals surface area contributed by atoms with Crippen LogP contribution >= 0.6 is 0 Å². The first-order chi connectivity index (χ1) is 15.0. The van der Waals surface area contributed by atoms with E-state index in [-0.39, 0.29) is 11.8 Å². The Morgan fingerprint density at radius 2 is 2.00 bits per heavy atom. The Kier molecular flexibility index (Phi) is 5.94. The highest BCUT2D eigenvalue weighted by Crippen LogP contribution is 2.27. The molecule has 31 heavy (non-hydrogen) atoms. The minimum absolute atomic E-state index is 0.0351. The first-order valence-electron chi connectivity index (χ1n) is 10.2. The highest BCUT2D eigenvalue weighted by molar-refractivity contribution is 5.79. The molecule has 0 radical (unpaired) electrons. The third kappa shape index (κ3) is 4.72. The monoisotopic (exact) mass is 418 g/mol. The Morgan fingerprint density at radius 1 is 1.26 bits per heavy atom. The van der Waals surface area contributed by atoms with Gasteiger partial charge < -0.3 is 10.2 Å². The fourth-order valence-corrected chi connectivity index (χ4v) is 3.83. The van der Waals surface area contributed by atoms with E-state index in [1.807, 2.05) is 36.1 Å². The number of aromatic amines is 1. The molecule has 0 saturated carbocycles. The van der Waals surface area contributed by atoms with Crippen molar-refractivity contribution < 1.29 is 9.18 Å². The molecule has 0 unspecified atom stereocenters. The largest absolute Gasteiger partial charge is 0.370 e. The van der Waals surface area contributed by atoms with Crippen LogP contribution in [0.15, 0.2) is 42.5 Å². The highest BCUT2D eigenvalue weighted by atomic mass is 19.1. The number of nitriles is 1. The fourth-order valence-electron chi connectivity index (χ4n) is 3.83. The van der Waals surface area contributed by atoms with Crippen LogP contribution in [0, 0.1) is 30.0 Å². The van der Waals surface area contributed by atoms with E-state index in [2.05, 4.69) is 26.6 Å². The maximum atomic E-state index is 13.4. The molecule has 0 aliphatic carbocycles. The second kappa shape index (κ2) is 8.96. The van der Waals surface area contributed by atoms with Gasteiger partial charge in [0.1, 0.15) is 17.7 Å². The predicted octanol–water partition coefficient (Wildman–Crippen LogP) is 3.32. The highest BCUT2D eigenvalue weighted by Gasteiger charge is 2.26. The number of carbonyl (C=O) groups excluding carboxylic acids is 1. The number of benzene rings is 2. The molecule has 1 aliphatic heterocycles. The number of nitrogens with one attached hydrogen (secondary N) is 2. The molecule has 1 aromatic heterocycles. The van der Waals surface area contributed by atoms with Crippen molar-refractivity contribution in [1.82, 2.24) is 20.5 Å². The number of hydrogen-bond acceptors (Lipinski definition) is 5. The lowest BCUT2D eigenvalue weighted by Gasteiger charge is -2.33. The molecule has 0 spiro atoms. The number of H-pyrrole nitrogens is 1. The van der Waals surface area contributed by atoms with Gasteiger partial charge in [0, 0.05) is 31.1 Å². The average molecular weight is 418 g/mol. The smallest absolute Gasteiger partial charge is 0.223 e. The van der Waals surface area contributed by atoms with Crippen molar-refractivity contribution in [1.29, 1.82) is 5.26 Å². The SMILES string of the molecule is Cc1nc(-c2ccc(CNC(=O)C3CCN(c4ccc(F)cc4C#N)CC3)cc2)n[nH]1. The van der Waals surface area contributed by atoms with Gasteiger partial charge in [-0.2, -0.15) is 10.4 Å². The van der Waals surface area contributed by atoms with Gasteiger partial charge in [-0.05, 0) is 43.5 Å². The summed E-state index contributed by atoms with van der Waals surface area (Å²) in [6.45, 7) is 3.63. The number of amides is 1. The Bertz CT molecular complexity index is 1110. The van der Waals surface area contributed by atoms with Crippen LogP contribution in [0.5, 0.6) is 0 Å². The second-order valence-electron chi connectivity index (χ2n) is 7.69. The third-order valence-electron chi connectivity index (χ3n) is 5.56. The quantitative estimate of drug-likeness (QED) is 0.662.